The summed E-state index contributed by atoms with van der Waals surface area (Å²) in [7, 11) is 0. The predicted octanol–water partition coefficient (Wildman–Crippen LogP) is 10.5. The molecule has 47 heavy (non-hydrogen) atoms. The van der Waals surface area contributed by atoms with Gasteiger partial charge in [0.15, 0.2) is 0 Å². The number of unbranched alkanes of at least 4 members (excludes halogenated alkanes) is 1. The molecule has 3 aromatic heterocycles. The fourth-order valence-corrected chi connectivity index (χ4v) is 6.36. The van der Waals surface area contributed by atoms with Crippen LogP contribution in [0.1, 0.15) is 62.0 Å². The van der Waals surface area contributed by atoms with Crippen LogP contribution in [0, 0.1) is 26.0 Å². The number of nitrogens with zero attached hydrogens (tertiary/aromatic N) is 4. The fourth-order valence-electron chi connectivity index (χ4n) is 6.36. The maximum Gasteiger partial charge on any atom is 2.00 e. The molecular formula is C41H38N4OPt. The van der Waals surface area contributed by atoms with Crippen molar-refractivity contribution in [2.45, 2.75) is 59.8 Å². The molecule has 0 fully saturated rings. The molecule has 0 saturated heterocycles. The zero-order valence-electron chi connectivity index (χ0n) is 27.4. The Morgan fingerprint density at radius 3 is 2.43 bits per heavy atom. The number of aromatic nitrogens is 4. The fraction of sp³-hybridized carbons (Fsp3) is 0.220. The van der Waals surface area contributed by atoms with Crippen molar-refractivity contribution >= 4 is 21.8 Å². The average Bonchev–Trinajstić information content (AvgIpc) is 3.56. The summed E-state index contributed by atoms with van der Waals surface area (Å²) in [5, 5.41) is 7.21. The summed E-state index contributed by atoms with van der Waals surface area (Å²) in [6, 6.07) is 38.6. The third-order valence-corrected chi connectivity index (χ3v) is 8.75. The van der Waals surface area contributed by atoms with Gasteiger partial charge >= 0.3 is 21.1 Å². The second kappa shape index (κ2) is 13.7. The van der Waals surface area contributed by atoms with Crippen LogP contribution in [0.25, 0.3) is 44.4 Å². The minimum Gasteiger partial charge on any atom is -0.509 e. The Morgan fingerprint density at radius 1 is 0.830 bits per heavy atom. The minimum atomic E-state index is 0. The number of hydrogen-bond donors (Lipinski definition) is 0. The quantitative estimate of drug-likeness (QED) is 0.137. The zero-order chi connectivity index (χ0) is 31.8. The van der Waals surface area contributed by atoms with Crippen LogP contribution in [-0.2, 0) is 27.5 Å². The Morgan fingerprint density at radius 2 is 1.64 bits per heavy atom. The monoisotopic (exact) mass is 797 g/mol. The van der Waals surface area contributed by atoms with Crippen molar-refractivity contribution in [3.63, 3.8) is 0 Å². The summed E-state index contributed by atoms with van der Waals surface area (Å²) in [6.07, 6.45) is 5.32. The maximum absolute atomic E-state index is 6.45. The number of benzene rings is 4. The van der Waals surface area contributed by atoms with Gasteiger partial charge < -0.3 is 9.30 Å². The second-order valence-corrected chi connectivity index (χ2v) is 12.3. The van der Waals surface area contributed by atoms with E-state index in [1.165, 1.54) is 29.4 Å². The first-order chi connectivity index (χ1) is 22.4. The summed E-state index contributed by atoms with van der Waals surface area (Å²) < 4.78 is 10.6. The van der Waals surface area contributed by atoms with Crippen molar-refractivity contribution in [3.8, 4) is 34.1 Å². The normalized spacial score (nSPS) is 11.4. The van der Waals surface area contributed by atoms with Crippen LogP contribution < -0.4 is 4.74 Å². The Labute approximate surface area is 291 Å². The Bertz CT molecular complexity index is 2180. The molecule has 0 aliphatic heterocycles. The molecule has 7 aromatic rings. The molecule has 7 rings (SSSR count). The van der Waals surface area contributed by atoms with E-state index < -0.39 is 0 Å². The van der Waals surface area contributed by atoms with E-state index in [0.717, 1.165) is 56.9 Å². The van der Waals surface area contributed by atoms with Crippen molar-refractivity contribution in [2.75, 3.05) is 0 Å². The van der Waals surface area contributed by atoms with Crippen LogP contribution in [-0.4, -0.2) is 19.3 Å². The number of fused-ring (bicyclic) bond motifs is 3. The molecule has 0 aliphatic carbocycles. The second-order valence-electron chi connectivity index (χ2n) is 12.3. The van der Waals surface area contributed by atoms with E-state index in [1.807, 2.05) is 48.1 Å². The van der Waals surface area contributed by atoms with E-state index in [-0.39, 0.29) is 21.1 Å². The standard InChI is InChI=1S/C41H38N4O.Pt/c1-6-7-12-30-17-20-38-37(23-30)36-19-18-35(26-39(36)44(38)40-24-32(27(2)3)21-22-42-40)46-34-16-11-15-33(25-34)45-29(5)41(28(4)43-45)31-13-9-8-10-14-31;/h8-11,13-24,27H,6-7,12H2,1-5H3;/q-2;+2. The molecule has 6 heteroatoms. The van der Waals surface area contributed by atoms with Gasteiger partial charge in [0.05, 0.1) is 5.69 Å². The van der Waals surface area contributed by atoms with Crippen LogP contribution in [0.5, 0.6) is 11.5 Å². The molecule has 0 atom stereocenters. The molecule has 5 nitrogen and oxygen atoms in total. The van der Waals surface area contributed by atoms with Crippen molar-refractivity contribution in [1.29, 1.82) is 0 Å². The molecule has 0 saturated carbocycles. The summed E-state index contributed by atoms with van der Waals surface area (Å²) in [5.41, 5.74) is 9.80. The predicted molar refractivity (Wildman–Crippen MR) is 187 cm³/mol. The summed E-state index contributed by atoms with van der Waals surface area (Å²) in [4.78, 5) is 4.82. The summed E-state index contributed by atoms with van der Waals surface area (Å²) >= 11 is 0. The van der Waals surface area contributed by atoms with Crippen LogP contribution >= 0.6 is 0 Å². The third-order valence-electron chi connectivity index (χ3n) is 8.75. The molecule has 0 amide bonds. The first-order valence-corrected chi connectivity index (χ1v) is 16.2. The number of pyridine rings is 1. The smallest absolute Gasteiger partial charge is 0.509 e. The minimum absolute atomic E-state index is 0. The molecule has 0 spiro atoms. The molecule has 0 radical (unpaired) electrons. The third kappa shape index (κ3) is 6.29. The first-order valence-electron chi connectivity index (χ1n) is 16.2. The van der Waals surface area contributed by atoms with E-state index in [1.54, 1.807) is 0 Å². The van der Waals surface area contributed by atoms with Gasteiger partial charge in [0.1, 0.15) is 5.82 Å². The van der Waals surface area contributed by atoms with E-state index in [0.29, 0.717) is 17.4 Å². The van der Waals surface area contributed by atoms with Gasteiger partial charge in [0.2, 0.25) is 0 Å². The Hall–Kier alpha value is -4.47. The molecule has 4 aromatic carbocycles. The maximum atomic E-state index is 6.45. The van der Waals surface area contributed by atoms with Crippen molar-refractivity contribution < 1.29 is 25.8 Å². The number of hydrogen-bond acceptors (Lipinski definition) is 3. The average molecular weight is 798 g/mol. The van der Waals surface area contributed by atoms with E-state index in [2.05, 4.69) is 105 Å². The van der Waals surface area contributed by atoms with Gasteiger partial charge in [0.25, 0.3) is 0 Å². The van der Waals surface area contributed by atoms with E-state index >= 15 is 0 Å². The number of aryl methyl sites for hydroxylation is 2. The van der Waals surface area contributed by atoms with Gasteiger partial charge in [0, 0.05) is 34.5 Å². The summed E-state index contributed by atoms with van der Waals surface area (Å²) in [6.45, 7) is 10.8. The van der Waals surface area contributed by atoms with Gasteiger partial charge in [-0.25, -0.2) is 4.98 Å². The van der Waals surface area contributed by atoms with Gasteiger partial charge in [-0.05, 0) is 78.6 Å². The molecule has 238 valence electrons. The van der Waals surface area contributed by atoms with Crippen LogP contribution in [0.4, 0.5) is 0 Å². The topological polar surface area (TPSA) is 44.9 Å². The van der Waals surface area contributed by atoms with Crippen LogP contribution in [0.15, 0.2) is 97.2 Å². The molecule has 0 aliphatic rings. The van der Waals surface area contributed by atoms with Crippen molar-refractivity contribution in [1.82, 2.24) is 19.3 Å². The molecular weight excluding hydrogens is 760 g/mol. The van der Waals surface area contributed by atoms with Crippen molar-refractivity contribution in [3.05, 3.63) is 132 Å². The van der Waals surface area contributed by atoms with E-state index in [9.17, 15) is 0 Å². The number of rotatable bonds is 9. The molecule has 3 heterocycles. The Kier molecular flexibility index (Phi) is 9.47. The SMILES string of the molecule is CCCCc1ccc2c(c1)c1ccc(Oc3[c-]c(-n4nc(C)c(-c5ccccc5)c4C)ccc3)[c-]c1n2-c1cc(C(C)C)ccn1.[Pt+2]. The van der Waals surface area contributed by atoms with E-state index in [4.69, 9.17) is 14.8 Å². The number of ether oxygens (including phenoxy) is 1. The van der Waals surface area contributed by atoms with Crippen LogP contribution in [0.3, 0.4) is 0 Å². The first kappa shape index (κ1) is 32.5. The molecule has 0 bridgehead atoms. The summed E-state index contributed by atoms with van der Waals surface area (Å²) in [5.74, 6) is 2.50. The van der Waals surface area contributed by atoms with Crippen LogP contribution in [0.2, 0.25) is 0 Å². The molecule has 0 N–H and O–H groups in total. The van der Waals surface area contributed by atoms with Gasteiger partial charge in [-0.15, -0.1) is 35.7 Å². The van der Waals surface area contributed by atoms with Gasteiger partial charge in [-0.2, -0.15) is 17.2 Å². The molecule has 0 unspecified atom stereocenters. The van der Waals surface area contributed by atoms with Gasteiger partial charge in [-0.3, -0.25) is 4.68 Å². The van der Waals surface area contributed by atoms with Crippen molar-refractivity contribution in [2.24, 2.45) is 0 Å². The largest absolute Gasteiger partial charge is 2.00 e. The zero-order valence-corrected chi connectivity index (χ0v) is 29.7. The Balaban J connectivity index is 0.00000386. The van der Waals surface area contributed by atoms with Gasteiger partial charge in [-0.1, -0.05) is 75.2 Å².